The Hall–Kier alpha value is -3.15. The summed E-state index contributed by atoms with van der Waals surface area (Å²) in [5.74, 6) is -3.42. The van der Waals surface area contributed by atoms with E-state index in [0.29, 0.717) is 0 Å². The maximum Gasteiger partial charge on any atom is 0.338 e. The number of carboxylic acids is 2. The Morgan fingerprint density at radius 1 is 0.913 bits per heavy atom. The van der Waals surface area contributed by atoms with E-state index in [-0.39, 0.29) is 23.3 Å². The number of rotatable bonds is 5. The van der Waals surface area contributed by atoms with Crippen molar-refractivity contribution in [3.8, 4) is 0 Å². The zero-order valence-electron chi connectivity index (χ0n) is 12.3. The van der Waals surface area contributed by atoms with Crippen LogP contribution in [0.2, 0.25) is 0 Å². The van der Waals surface area contributed by atoms with E-state index in [9.17, 15) is 14.4 Å². The molecule has 0 saturated carbocycles. The van der Waals surface area contributed by atoms with Crippen LogP contribution in [0.4, 0.5) is 0 Å². The van der Waals surface area contributed by atoms with Gasteiger partial charge in [-0.05, 0) is 36.2 Å². The Labute approximate surface area is 131 Å². The van der Waals surface area contributed by atoms with Crippen LogP contribution in [-0.4, -0.2) is 28.1 Å². The highest BCUT2D eigenvalue weighted by Gasteiger charge is 2.16. The van der Waals surface area contributed by atoms with Crippen LogP contribution in [0.25, 0.3) is 0 Å². The molecule has 0 aliphatic carbocycles. The van der Waals surface area contributed by atoms with Gasteiger partial charge in [0.05, 0.1) is 16.7 Å². The minimum Gasteiger partial charge on any atom is -0.478 e. The van der Waals surface area contributed by atoms with Crippen molar-refractivity contribution in [3.63, 3.8) is 0 Å². The Bertz CT molecular complexity index is 746. The third-order valence-electron chi connectivity index (χ3n) is 3.28. The van der Waals surface area contributed by atoms with Gasteiger partial charge in [0.1, 0.15) is 6.61 Å². The van der Waals surface area contributed by atoms with E-state index < -0.39 is 17.9 Å². The van der Waals surface area contributed by atoms with Crippen molar-refractivity contribution in [3.05, 3.63) is 70.3 Å². The molecule has 0 bridgehead atoms. The SMILES string of the molecule is Cc1ccccc1COC(=O)c1cc(C(=O)O)cc(C(=O)O)c1. The number of carbonyl (C=O) groups is 3. The van der Waals surface area contributed by atoms with Crippen molar-refractivity contribution < 1.29 is 29.3 Å². The minimum atomic E-state index is -1.32. The van der Waals surface area contributed by atoms with E-state index in [1.54, 1.807) is 6.07 Å². The van der Waals surface area contributed by atoms with Gasteiger partial charge in [0.15, 0.2) is 0 Å². The average molecular weight is 314 g/mol. The smallest absolute Gasteiger partial charge is 0.338 e. The maximum atomic E-state index is 12.1. The van der Waals surface area contributed by atoms with Gasteiger partial charge in [-0.2, -0.15) is 0 Å². The summed E-state index contributed by atoms with van der Waals surface area (Å²) in [6.45, 7) is 1.89. The van der Waals surface area contributed by atoms with E-state index in [2.05, 4.69) is 0 Å². The summed E-state index contributed by atoms with van der Waals surface area (Å²) in [4.78, 5) is 34.1. The van der Waals surface area contributed by atoms with Crippen molar-refractivity contribution in [2.45, 2.75) is 13.5 Å². The predicted molar refractivity (Wildman–Crippen MR) is 80.7 cm³/mol. The van der Waals surface area contributed by atoms with Crippen molar-refractivity contribution in [2.75, 3.05) is 0 Å². The molecule has 0 spiro atoms. The van der Waals surface area contributed by atoms with Crippen LogP contribution in [0.1, 0.15) is 42.2 Å². The Balaban J connectivity index is 2.23. The van der Waals surface area contributed by atoms with Crippen molar-refractivity contribution in [1.82, 2.24) is 0 Å². The molecule has 2 rings (SSSR count). The van der Waals surface area contributed by atoms with Crippen molar-refractivity contribution in [1.29, 1.82) is 0 Å². The topological polar surface area (TPSA) is 101 Å². The highest BCUT2D eigenvalue weighted by molar-refractivity contribution is 5.99. The second-order valence-corrected chi connectivity index (χ2v) is 4.91. The highest BCUT2D eigenvalue weighted by Crippen LogP contribution is 2.14. The molecule has 0 heterocycles. The van der Waals surface area contributed by atoms with Crippen LogP contribution in [0.15, 0.2) is 42.5 Å². The molecule has 0 atom stereocenters. The summed E-state index contributed by atoms with van der Waals surface area (Å²) in [5.41, 5.74) is 1.08. The number of carbonyl (C=O) groups excluding carboxylic acids is 1. The number of hydrogen-bond donors (Lipinski definition) is 2. The normalized spacial score (nSPS) is 10.1. The first-order valence-corrected chi connectivity index (χ1v) is 6.72. The van der Waals surface area contributed by atoms with Gasteiger partial charge in [-0.15, -0.1) is 0 Å². The summed E-state index contributed by atoms with van der Waals surface area (Å²) in [6, 6.07) is 10.5. The van der Waals surface area contributed by atoms with Crippen LogP contribution in [0.3, 0.4) is 0 Å². The molecule has 23 heavy (non-hydrogen) atoms. The Morgan fingerprint density at radius 3 is 1.96 bits per heavy atom. The third-order valence-corrected chi connectivity index (χ3v) is 3.28. The van der Waals surface area contributed by atoms with Crippen molar-refractivity contribution in [2.24, 2.45) is 0 Å². The molecule has 118 valence electrons. The quantitative estimate of drug-likeness (QED) is 0.823. The molecule has 2 aromatic carbocycles. The first-order chi connectivity index (χ1) is 10.9. The predicted octanol–water partition coefficient (Wildman–Crippen LogP) is 2.75. The molecular formula is C17H14O6. The van der Waals surface area contributed by atoms with E-state index in [1.165, 1.54) is 0 Å². The lowest BCUT2D eigenvalue weighted by molar-refractivity contribution is 0.0472. The van der Waals surface area contributed by atoms with Crippen LogP contribution >= 0.6 is 0 Å². The minimum absolute atomic E-state index is 0.0191. The summed E-state index contributed by atoms with van der Waals surface area (Å²) in [6.07, 6.45) is 0. The van der Waals surface area contributed by atoms with Crippen LogP contribution in [0, 0.1) is 6.92 Å². The second-order valence-electron chi connectivity index (χ2n) is 4.91. The fourth-order valence-corrected chi connectivity index (χ4v) is 1.99. The first-order valence-electron chi connectivity index (χ1n) is 6.72. The molecule has 0 radical (unpaired) electrons. The fourth-order valence-electron chi connectivity index (χ4n) is 1.99. The van der Waals surface area contributed by atoms with Crippen molar-refractivity contribution >= 4 is 17.9 Å². The average Bonchev–Trinajstić information content (AvgIpc) is 2.53. The number of carboxylic acid groups (broad SMARTS) is 2. The van der Waals surface area contributed by atoms with Gasteiger partial charge in [-0.3, -0.25) is 0 Å². The monoisotopic (exact) mass is 314 g/mol. The number of ether oxygens (including phenoxy) is 1. The molecule has 2 N–H and O–H groups in total. The maximum absolute atomic E-state index is 12.1. The third kappa shape index (κ3) is 3.94. The summed E-state index contributed by atoms with van der Waals surface area (Å²) in [5, 5.41) is 18.0. The van der Waals surface area contributed by atoms with E-state index >= 15 is 0 Å². The molecule has 6 nitrogen and oxygen atoms in total. The lowest BCUT2D eigenvalue weighted by Crippen LogP contribution is -2.10. The number of benzene rings is 2. The number of hydrogen-bond acceptors (Lipinski definition) is 4. The Kier molecular flexibility index (Phi) is 4.75. The summed E-state index contributed by atoms with van der Waals surface area (Å²) < 4.78 is 5.14. The van der Waals surface area contributed by atoms with Gasteiger partial charge in [0.25, 0.3) is 0 Å². The zero-order chi connectivity index (χ0) is 17.0. The van der Waals surface area contributed by atoms with Gasteiger partial charge in [0.2, 0.25) is 0 Å². The van der Waals surface area contributed by atoms with Gasteiger partial charge >= 0.3 is 17.9 Å². The molecule has 0 saturated heterocycles. The molecule has 0 aromatic heterocycles. The van der Waals surface area contributed by atoms with Crippen LogP contribution in [-0.2, 0) is 11.3 Å². The van der Waals surface area contributed by atoms with E-state index in [4.69, 9.17) is 14.9 Å². The number of esters is 1. The standard InChI is InChI=1S/C17H14O6/c1-10-4-2-3-5-11(10)9-23-17(22)14-7-12(15(18)19)6-13(8-14)16(20)21/h2-8H,9H2,1H3,(H,18,19)(H,20,21). The van der Waals surface area contributed by atoms with Gasteiger partial charge < -0.3 is 14.9 Å². The molecule has 0 aliphatic heterocycles. The first kappa shape index (κ1) is 16.2. The lowest BCUT2D eigenvalue weighted by atomic mass is 10.1. The van der Waals surface area contributed by atoms with E-state index in [0.717, 1.165) is 29.3 Å². The molecular weight excluding hydrogens is 300 g/mol. The van der Waals surface area contributed by atoms with Gasteiger partial charge in [-0.25, -0.2) is 14.4 Å². The van der Waals surface area contributed by atoms with Gasteiger partial charge in [0, 0.05) is 0 Å². The number of aryl methyl sites for hydroxylation is 1. The number of aromatic carboxylic acids is 2. The summed E-state index contributed by atoms with van der Waals surface area (Å²) in [7, 11) is 0. The molecule has 6 heteroatoms. The lowest BCUT2D eigenvalue weighted by Gasteiger charge is -2.08. The molecule has 0 unspecified atom stereocenters. The zero-order valence-corrected chi connectivity index (χ0v) is 12.3. The molecule has 0 fully saturated rings. The fraction of sp³-hybridized carbons (Fsp3) is 0.118. The van der Waals surface area contributed by atoms with Crippen LogP contribution in [0.5, 0.6) is 0 Å². The second kappa shape index (κ2) is 6.74. The molecule has 0 amide bonds. The largest absolute Gasteiger partial charge is 0.478 e. The van der Waals surface area contributed by atoms with Gasteiger partial charge in [-0.1, -0.05) is 24.3 Å². The van der Waals surface area contributed by atoms with E-state index in [1.807, 2.05) is 25.1 Å². The Morgan fingerprint density at radius 2 is 1.43 bits per heavy atom. The molecule has 2 aromatic rings. The van der Waals surface area contributed by atoms with Crippen LogP contribution < -0.4 is 0 Å². The highest BCUT2D eigenvalue weighted by atomic mass is 16.5. The molecule has 0 aliphatic rings. The summed E-state index contributed by atoms with van der Waals surface area (Å²) >= 11 is 0.